The number of nitro groups is 1. The molecule has 1 fully saturated rings. The van der Waals surface area contributed by atoms with Gasteiger partial charge in [-0.3, -0.25) is 10.1 Å². The Labute approximate surface area is 187 Å². The van der Waals surface area contributed by atoms with Gasteiger partial charge in [-0.05, 0) is 46.7 Å². The molecule has 2 aromatic heterocycles. The van der Waals surface area contributed by atoms with E-state index >= 15 is 0 Å². The summed E-state index contributed by atoms with van der Waals surface area (Å²) in [7, 11) is 0. The summed E-state index contributed by atoms with van der Waals surface area (Å²) < 4.78 is 4.90. The molecule has 0 atom stereocenters. The molecule has 11 heteroatoms. The number of hydrogen-bond donors (Lipinski definition) is 1. The van der Waals surface area contributed by atoms with Gasteiger partial charge in [0, 0.05) is 43.1 Å². The Morgan fingerprint density at radius 2 is 1.78 bits per heavy atom. The standard InChI is InChI=1S/C21H18ClN7O3/c22-14-4-3-5-15(12-14)27-8-10-28(11-9-27)17-13-16(24-18-6-1-2-7-23-18)21(29(30)31)20-19(17)25-32-26-20/h1-7,12-13H,8-11H2,(H,23,24). The molecule has 3 heterocycles. The molecule has 1 saturated heterocycles. The predicted molar refractivity (Wildman–Crippen MR) is 122 cm³/mol. The summed E-state index contributed by atoms with van der Waals surface area (Å²) in [6, 6.07) is 14.8. The number of piperazine rings is 1. The number of pyridine rings is 1. The molecule has 0 aliphatic carbocycles. The Morgan fingerprint density at radius 3 is 2.50 bits per heavy atom. The van der Waals surface area contributed by atoms with Crippen LogP contribution >= 0.6 is 11.6 Å². The lowest BCUT2D eigenvalue weighted by molar-refractivity contribution is -0.382. The molecule has 4 aromatic rings. The number of benzene rings is 2. The van der Waals surface area contributed by atoms with Crippen LogP contribution in [0.25, 0.3) is 11.0 Å². The van der Waals surface area contributed by atoms with Gasteiger partial charge in [0.2, 0.25) is 5.52 Å². The van der Waals surface area contributed by atoms with E-state index in [1.54, 1.807) is 30.5 Å². The Morgan fingerprint density at radius 1 is 1.00 bits per heavy atom. The third-order valence-corrected chi connectivity index (χ3v) is 5.63. The zero-order chi connectivity index (χ0) is 22.1. The van der Waals surface area contributed by atoms with Gasteiger partial charge in [0.15, 0.2) is 5.52 Å². The lowest BCUT2D eigenvalue weighted by Gasteiger charge is -2.37. The van der Waals surface area contributed by atoms with E-state index < -0.39 is 4.92 Å². The smallest absolute Gasteiger partial charge is 0.324 e. The second-order valence-corrected chi connectivity index (χ2v) is 7.74. The highest BCUT2D eigenvalue weighted by molar-refractivity contribution is 6.30. The number of halogens is 1. The van der Waals surface area contributed by atoms with Crippen LogP contribution in [-0.4, -0.2) is 46.4 Å². The lowest BCUT2D eigenvalue weighted by atomic mass is 10.1. The first-order valence-corrected chi connectivity index (χ1v) is 10.3. The maximum atomic E-state index is 11.8. The highest BCUT2D eigenvalue weighted by atomic mass is 35.5. The van der Waals surface area contributed by atoms with Crippen molar-refractivity contribution in [1.82, 2.24) is 15.3 Å². The molecule has 0 spiro atoms. The molecule has 0 bridgehead atoms. The van der Waals surface area contributed by atoms with E-state index in [-0.39, 0.29) is 16.9 Å². The fourth-order valence-electron chi connectivity index (χ4n) is 3.89. The van der Waals surface area contributed by atoms with Crippen molar-refractivity contribution in [3.8, 4) is 0 Å². The average molecular weight is 452 g/mol. The third-order valence-electron chi connectivity index (χ3n) is 5.40. The van der Waals surface area contributed by atoms with E-state index in [0.717, 1.165) is 24.5 Å². The third kappa shape index (κ3) is 3.76. The van der Waals surface area contributed by atoms with Crippen LogP contribution in [0.4, 0.5) is 28.6 Å². The van der Waals surface area contributed by atoms with Crippen LogP contribution < -0.4 is 15.1 Å². The zero-order valence-electron chi connectivity index (χ0n) is 16.8. The number of fused-ring (bicyclic) bond motifs is 1. The van der Waals surface area contributed by atoms with Crippen LogP contribution in [0.3, 0.4) is 0 Å². The summed E-state index contributed by atoms with van der Waals surface area (Å²) in [4.78, 5) is 19.9. The number of nitrogens with zero attached hydrogens (tertiary/aromatic N) is 6. The van der Waals surface area contributed by atoms with Crippen LogP contribution in [-0.2, 0) is 0 Å². The zero-order valence-corrected chi connectivity index (χ0v) is 17.6. The monoisotopic (exact) mass is 451 g/mol. The van der Waals surface area contributed by atoms with E-state index in [9.17, 15) is 10.1 Å². The number of aromatic nitrogens is 3. The quantitative estimate of drug-likeness (QED) is 0.351. The number of anilines is 4. The van der Waals surface area contributed by atoms with Crippen molar-refractivity contribution >= 4 is 51.2 Å². The largest absolute Gasteiger partial charge is 0.368 e. The SMILES string of the molecule is O=[N+]([O-])c1c(Nc2ccccn2)cc(N2CCN(c3cccc(Cl)c3)CC2)c2nonc12. The lowest BCUT2D eigenvalue weighted by Crippen LogP contribution is -2.46. The normalized spacial score (nSPS) is 14.0. The number of nitrogens with one attached hydrogen (secondary N) is 1. The molecular formula is C21H18ClN7O3. The first-order valence-electron chi connectivity index (χ1n) is 9.97. The van der Waals surface area contributed by atoms with Crippen molar-refractivity contribution in [3.63, 3.8) is 0 Å². The Hall–Kier alpha value is -3.92. The van der Waals surface area contributed by atoms with Crippen molar-refractivity contribution in [3.05, 3.63) is 69.9 Å². The molecule has 10 nitrogen and oxygen atoms in total. The minimum Gasteiger partial charge on any atom is -0.368 e. The summed E-state index contributed by atoms with van der Waals surface area (Å²) in [6.07, 6.45) is 1.61. The molecule has 1 aliphatic heterocycles. The van der Waals surface area contributed by atoms with Crippen molar-refractivity contribution < 1.29 is 9.55 Å². The highest BCUT2D eigenvalue weighted by Crippen LogP contribution is 2.40. The number of hydrogen-bond acceptors (Lipinski definition) is 9. The van der Waals surface area contributed by atoms with Gasteiger partial charge in [0.05, 0.1) is 10.6 Å². The average Bonchev–Trinajstić information content (AvgIpc) is 3.28. The number of nitro benzene ring substituents is 1. The maximum Gasteiger partial charge on any atom is 0.324 e. The van der Waals surface area contributed by atoms with E-state index in [0.29, 0.717) is 29.4 Å². The second kappa shape index (κ2) is 8.31. The summed E-state index contributed by atoms with van der Waals surface area (Å²) in [5.74, 6) is 0.489. The topological polar surface area (TPSA) is 113 Å². The van der Waals surface area contributed by atoms with Crippen molar-refractivity contribution in [2.75, 3.05) is 41.3 Å². The van der Waals surface area contributed by atoms with E-state index in [1.165, 1.54) is 0 Å². The molecule has 1 aliphatic rings. The van der Waals surface area contributed by atoms with Gasteiger partial charge in [-0.2, -0.15) is 0 Å². The van der Waals surface area contributed by atoms with Crippen LogP contribution in [0, 0.1) is 10.1 Å². The van der Waals surface area contributed by atoms with Crippen molar-refractivity contribution in [2.24, 2.45) is 0 Å². The van der Waals surface area contributed by atoms with E-state index in [4.69, 9.17) is 16.2 Å². The molecular weight excluding hydrogens is 434 g/mol. The van der Waals surface area contributed by atoms with Gasteiger partial charge < -0.3 is 15.1 Å². The van der Waals surface area contributed by atoms with Gasteiger partial charge in [0.1, 0.15) is 11.5 Å². The minimum absolute atomic E-state index is 0.100. The van der Waals surface area contributed by atoms with Gasteiger partial charge >= 0.3 is 5.69 Å². The Bertz CT molecular complexity index is 1270. The Kier molecular flexibility index (Phi) is 5.20. The molecule has 0 unspecified atom stereocenters. The van der Waals surface area contributed by atoms with Crippen LogP contribution in [0.1, 0.15) is 0 Å². The number of rotatable bonds is 5. The summed E-state index contributed by atoms with van der Waals surface area (Å²) in [6.45, 7) is 2.89. The summed E-state index contributed by atoms with van der Waals surface area (Å²) >= 11 is 6.14. The van der Waals surface area contributed by atoms with Crippen LogP contribution in [0.15, 0.2) is 59.4 Å². The molecule has 5 rings (SSSR count). The first kappa shape index (κ1) is 20.0. The van der Waals surface area contributed by atoms with Gasteiger partial charge in [-0.1, -0.05) is 23.7 Å². The van der Waals surface area contributed by atoms with Crippen LogP contribution in [0.2, 0.25) is 5.02 Å². The minimum atomic E-state index is -0.487. The molecule has 2 aromatic carbocycles. The predicted octanol–water partition coefficient (Wildman–Crippen LogP) is 4.25. The molecule has 162 valence electrons. The fourth-order valence-corrected chi connectivity index (χ4v) is 4.07. The van der Waals surface area contributed by atoms with Crippen molar-refractivity contribution in [2.45, 2.75) is 0 Å². The molecule has 0 saturated carbocycles. The second-order valence-electron chi connectivity index (χ2n) is 7.30. The van der Waals surface area contributed by atoms with E-state index in [2.05, 4.69) is 30.4 Å². The fraction of sp³-hybridized carbons (Fsp3) is 0.190. The molecule has 32 heavy (non-hydrogen) atoms. The molecule has 0 radical (unpaired) electrons. The van der Waals surface area contributed by atoms with Crippen molar-refractivity contribution in [1.29, 1.82) is 0 Å². The maximum absolute atomic E-state index is 11.8. The summed E-state index contributed by atoms with van der Waals surface area (Å²) in [5.41, 5.74) is 2.32. The van der Waals surface area contributed by atoms with Gasteiger partial charge in [-0.25, -0.2) is 9.61 Å². The van der Waals surface area contributed by atoms with E-state index in [1.807, 2.05) is 24.3 Å². The highest BCUT2D eigenvalue weighted by Gasteiger charge is 2.29. The molecule has 0 amide bonds. The van der Waals surface area contributed by atoms with Gasteiger partial charge in [-0.15, -0.1) is 0 Å². The first-order chi connectivity index (χ1) is 15.6. The Balaban J connectivity index is 1.48. The molecule has 1 N–H and O–H groups in total. The summed E-state index contributed by atoms with van der Waals surface area (Å²) in [5, 5.41) is 23.4. The van der Waals surface area contributed by atoms with Crippen LogP contribution in [0.5, 0.6) is 0 Å². The van der Waals surface area contributed by atoms with Gasteiger partial charge in [0.25, 0.3) is 0 Å².